The summed E-state index contributed by atoms with van der Waals surface area (Å²) in [6.07, 6.45) is 1.09. The van der Waals surface area contributed by atoms with Crippen molar-refractivity contribution in [2.24, 2.45) is 5.92 Å². The highest BCUT2D eigenvalue weighted by Crippen LogP contribution is 2.27. The zero-order chi connectivity index (χ0) is 14.5. The van der Waals surface area contributed by atoms with E-state index in [1.165, 1.54) is 11.1 Å². The average molecular weight is 292 g/mol. The van der Waals surface area contributed by atoms with Crippen molar-refractivity contribution in [3.8, 4) is 0 Å². The minimum Gasteiger partial charge on any atom is -0.448 e. The Hall–Kier alpha value is -1.25. The third-order valence-corrected chi connectivity index (χ3v) is 3.42. The molecule has 2 rings (SSSR count). The van der Waals surface area contributed by atoms with Gasteiger partial charge in [0.15, 0.2) is 5.22 Å². The van der Waals surface area contributed by atoms with E-state index in [2.05, 4.69) is 50.4 Å². The van der Waals surface area contributed by atoms with Crippen LogP contribution in [0.5, 0.6) is 0 Å². The summed E-state index contributed by atoms with van der Waals surface area (Å²) < 4.78 is 5.58. The van der Waals surface area contributed by atoms with Crippen LogP contribution in [0.15, 0.2) is 40.8 Å². The normalized spacial score (nSPS) is 12.8. The molecule has 2 nitrogen and oxygen atoms in total. The average Bonchev–Trinajstić information content (AvgIpc) is 2.82. The lowest BCUT2D eigenvalue weighted by molar-refractivity contribution is 0.453. The number of benzene rings is 1. The van der Waals surface area contributed by atoms with Gasteiger partial charge in [-0.25, -0.2) is 0 Å². The van der Waals surface area contributed by atoms with Crippen molar-refractivity contribution >= 4 is 11.6 Å². The standard InChI is InChI=1S/C17H22ClNO/c1-4-19-17(15-8-9-16(18)20-15)14-7-5-6-13(11-14)10-12(2)3/h5-9,11-12,17,19H,4,10H2,1-3H3. The summed E-state index contributed by atoms with van der Waals surface area (Å²) in [5, 5.41) is 3.89. The molecule has 0 spiro atoms. The Kier molecular flexibility index (Phi) is 5.27. The molecule has 0 saturated carbocycles. The second-order valence-electron chi connectivity index (χ2n) is 5.48. The van der Waals surface area contributed by atoms with Gasteiger partial charge in [0.05, 0.1) is 6.04 Å². The van der Waals surface area contributed by atoms with Gasteiger partial charge in [0.1, 0.15) is 5.76 Å². The molecule has 0 amide bonds. The van der Waals surface area contributed by atoms with Gasteiger partial charge in [0.25, 0.3) is 0 Å². The van der Waals surface area contributed by atoms with Crippen LogP contribution in [0.2, 0.25) is 5.22 Å². The summed E-state index contributed by atoms with van der Waals surface area (Å²) in [6.45, 7) is 7.44. The minimum atomic E-state index is 0.0552. The van der Waals surface area contributed by atoms with Crippen LogP contribution < -0.4 is 5.32 Å². The van der Waals surface area contributed by atoms with Crippen LogP contribution >= 0.6 is 11.6 Å². The number of halogens is 1. The highest BCUT2D eigenvalue weighted by molar-refractivity contribution is 6.28. The molecular weight excluding hydrogens is 270 g/mol. The summed E-state index contributed by atoms with van der Waals surface area (Å²) in [4.78, 5) is 0. The second-order valence-corrected chi connectivity index (χ2v) is 5.85. The number of rotatable bonds is 6. The van der Waals surface area contributed by atoms with Gasteiger partial charge in [-0.1, -0.05) is 45.0 Å². The van der Waals surface area contributed by atoms with Crippen LogP contribution in [0.3, 0.4) is 0 Å². The highest BCUT2D eigenvalue weighted by atomic mass is 35.5. The summed E-state index contributed by atoms with van der Waals surface area (Å²) >= 11 is 5.90. The molecule has 1 N–H and O–H groups in total. The molecule has 0 aliphatic carbocycles. The first-order chi connectivity index (χ1) is 9.60. The van der Waals surface area contributed by atoms with Crippen LogP contribution in [-0.4, -0.2) is 6.54 Å². The number of furan rings is 1. The van der Waals surface area contributed by atoms with E-state index in [1.807, 2.05) is 6.07 Å². The Labute approximate surface area is 126 Å². The van der Waals surface area contributed by atoms with Gasteiger partial charge in [-0.05, 0) is 53.7 Å². The van der Waals surface area contributed by atoms with Crippen LogP contribution in [-0.2, 0) is 6.42 Å². The highest BCUT2D eigenvalue weighted by Gasteiger charge is 2.17. The summed E-state index contributed by atoms with van der Waals surface area (Å²) in [5.41, 5.74) is 2.58. The van der Waals surface area contributed by atoms with Gasteiger partial charge < -0.3 is 9.73 Å². The summed E-state index contributed by atoms with van der Waals surface area (Å²) in [6, 6.07) is 12.5. The Morgan fingerprint density at radius 3 is 2.60 bits per heavy atom. The molecule has 0 radical (unpaired) electrons. The molecule has 3 heteroatoms. The maximum Gasteiger partial charge on any atom is 0.193 e. The van der Waals surface area contributed by atoms with E-state index in [-0.39, 0.29) is 6.04 Å². The SMILES string of the molecule is CCNC(c1cccc(CC(C)C)c1)c1ccc(Cl)o1. The van der Waals surface area contributed by atoms with E-state index >= 15 is 0 Å². The van der Waals surface area contributed by atoms with Gasteiger partial charge in [-0.15, -0.1) is 0 Å². The molecule has 1 unspecified atom stereocenters. The van der Waals surface area contributed by atoms with Crippen molar-refractivity contribution in [1.29, 1.82) is 0 Å². The topological polar surface area (TPSA) is 25.2 Å². The van der Waals surface area contributed by atoms with Gasteiger partial charge in [0.2, 0.25) is 0 Å². The molecule has 108 valence electrons. The van der Waals surface area contributed by atoms with E-state index in [1.54, 1.807) is 6.07 Å². The Morgan fingerprint density at radius 1 is 1.20 bits per heavy atom. The predicted molar refractivity (Wildman–Crippen MR) is 84.2 cm³/mol. The van der Waals surface area contributed by atoms with Crippen molar-refractivity contribution in [3.05, 3.63) is 58.5 Å². The van der Waals surface area contributed by atoms with Crippen molar-refractivity contribution in [1.82, 2.24) is 5.32 Å². The number of nitrogens with one attached hydrogen (secondary N) is 1. The maximum absolute atomic E-state index is 5.90. The van der Waals surface area contributed by atoms with Crippen molar-refractivity contribution < 1.29 is 4.42 Å². The lowest BCUT2D eigenvalue weighted by Crippen LogP contribution is -2.21. The summed E-state index contributed by atoms with van der Waals surface area (Å²) in [7, 11) is 0. The van der Waals surface area contributed by atoms with Crippen LogP contribution in [0.1, 0.15) is 43.7 Å². The fraction of sp³-hybridized carbons (Fsp3) is 0.412. The first-order valence-electron chi connectivity index (χ1n) is 7.17. The van der Waals surface area contributed by atoms with Crippen LogP contribution in [0, 0.1) is 5.92 Å². The van der Waals surface area contributed by atoms with Gasteiger partial charge in [-0.2, -0.15) is 0 Å². The molecule has 0 fully saturated rings. The largest absolute Gasteiger partial charge is 0.448 e. The van der Waals surface area contributed by atoms with E-state index in [4.69, 9.17) is 16.0 Å². The first-order valence-corrected chi connectivity index (χ1v) is 7.55. The zero-order valence-electron chi connectivity index (χ0n) is 12.3. The number of hydrogen-bond acceptors (Lipinski definition) is 2. The Bertz CT molecular complexity index is 547. The third kappa shape index (κ3) is 3.87. The van der Waals surface area contributed by atoms with Crippen molar-refractivity contribution in [2.75, 3.05) is 6.54 Å². The first kappa shape index (κ1) is 15.1. The quantitative estimate of drug-likeness (QED) is 0.824. The molecule has 1 aromatic heterocycles. The van der Waals surface area contributed by atoms with Crippen molar-refractivity contribution in [3.63, 3.8) is 0 Å². The fourth-order valence-corrected chi connectivity index (χ4v) is 2.59. The zero-order valence-corrected chi connectivity index (χ0v) is 13.1. The molecule has 1 aromatic carbocycles. The maximum atomic E-state index is 5.90. The monoisotopic (exact) mass is 291 g/mol. The van der Waals surface area contributed by atoms with E-state index < -0.39 is 0 Å². The Morgan fingerprint density at radius 2 is 2.00 bits per heavy atom. The lowest BCUT2D eigenvalue weighted by atomic mass is 9.97. The molecule has 1 heterocycles. The molecule has 0 aliphatic heterocycles. The minimum absolute atomic E-state index is 0.0552. The molecule has 1 atom stereocenters. The number of hydrogen-bond donors (Lipinski definition) is 1. The summed E-state index contributed by atoms with van der Waals surface area (Å²) in [5.74, 6) is 1.51. The third-order valence-electron chi connectivity index (χ3n) is 3.22. The van der Waals surface area contributed by atoms with Gasteiger partial charge in [0, 0.05) is 0 Å². The Balaban J connectivity index is 2.29. The predicted octanol–water partition coefficient (Wildman–Crippen LogP) is 4.83. The van der Waals surface area contributed by atoms with Crippen LogP contribution in [0.25, 0.3) is 0 Å². The van der Waals surface area contributed by atoms with E-state index in [0.29, 0.717) is 11.1 Å². The molecule has 20 heavy (non-hydrogen) atoms. The van der Waals surface area contributed by atoms with Crippen molar-refractivity contribution in [2.45, 2.75) is 33.2 Å². The van der Waals surface area contributed by atoms with Gasteiger partial charge >= 0.3 is 0 Å². The molecular formula is C17H22ClNO. The molecule has 0 aliphatic rings. The smallest absolute Gasteiger partial charge is 0.193 e. The molecule has 2 aromatic rings. The van der Waals surface area contributed by atoms with Crippen LogP contribution in [0.4, 0.5) is 0 Å². The van der Waals surface area contributed by atoms with E-state index in [9.17, 15) is 0 Å². The second kappa shape index (κ2) is 6.96. The molecule has 0 saturated heterocycles. The lowest BCUT2D eigenvalue weighted by Gasteiger charge is -2.17. The van der Waals surface area contributed by atoms with Gasteiger partial charge in [-0.3, -0.25) is 0 Å². The molecule has 0 bridgehead atoms. The van der Waals surface area contributed by atoms with E-state index in [0.717, 1.165) is 18.7 Å². The fourth-order valence-electron chi connectivity index (χ4n) is 2.44.